The molecular weight excluding hydrogens is 620 g/mol. The van der Waals surface area contributed by atoms with E-state index < -0.39 is 29.6 Å². The van der Waals surface area contributed by atoms with Gasteiger partial charge in [0.1, 0.15) is 24.2 Å². The number of amides is 3. The van der Waals surface area contributed by atoms with E-state index in [9.17, 15) is 14.4 Å². The van der Waals surface area contributed by atoms with Gasteiger partial charge in [0.2, 0.25) is 24.1 Å². The second-order valence-electron chi connectivity index (χ2n) is 12.7. The lowest BCUT2D eigenvalue weighted by molar-refractivity contribution is -0.136. The molecule has 0 bridgehead atoms. The smallest absolute Gasteiger partial charge is 0.408 e. The highest BCUT2D eigenvalue weighted by atomic mass is 35.5. The van der Waals surface area contributed by atoms with Crippen LogP contribution in [0.15, 0.2) is 53.3 Å². The number of carbonyl (C=O) groups excluding carboxylic acids is 3. The third kappa shape index (κ3) is 7.45. The van der Waals surface area contributed by atoms with Gasteiger partial charge in [-0.15, -0.1) is 10.2 Å². The molecule has 5 atom stereocenters. The lowest BCUT2D eigenvalue weighted by atomic mass is 9.78. The van der Waals surface area contributed by atoms with Crippen LogP contribution in [0.4, 0.5) is 4.79 Å². The van der Waals surface area contributed by atoms with Gasteiger partial charge in [0, 0.05) is 17.5 Å². The summed E-state index contributed by atoms with van der Waals surface area (Å²) in [6.07, 6.45) is 2.87. The zero-order valence-corrected chi connectivity index (χ0v) is 28.2. The first-order valence-corrected chi connectivity index (χ1v) is 16.6. The Morgan fingerprint density at radius 2 is 1.83 bits per heavy atom. The number of rotatable bonds is 12. The van der Waals surface area contributed by atoms with E-state index >= 15 is 0 Å². The maximum Gasteiger partial charge on any atom is 0.408 e. The molecule has 5 rings (SSSR count). The van der Waals surface area contributed by atoms with Gasteiger partial charge >= 0.3 is 6.09 Å². The maximum absolute atomic E-state index is 14.6. The quantitative estimate of drug-likeness (QED) is 0.143. The Balaban J connectivity index is 1.47. The number of aromatic nitrogens is 3. The topological polar surface area (TPSA) is 151 Å². The Hall–Kier alpha value is -4.38. The average molecular weight is 663 g/mol. The molecule has 47 heavy (non-hydrogen) atoms. The van der Waals surface area contributed by atoms with Crippen LogP contribution >= 0.6 is 11.6 Å². The molecule has 0 fully saturated rings. The molecule has 0 spiro atoms. The molecule has 3 amide bonds. The summed E-state index contributed by atoms with van der Waals surface area (Å²) in [6, 6.07) is 11.7. The molecule has 0 saturated heterocycles. The van der Waals surface area contributed by atoms with Crippen LogP contribution in [0.1, 0.15) is 81.3 Å². The van der Waals surface area contributed by atoms with Crippen LogP contribution in [0.2, 0.25) is 5.02 Å². The molecule has 1 aliphatic rings. The highest BCUT2D eigenvalue weighted by Crippen LogP contribution is 2.38. The number of benzene rings is 2. The predicted molar refractivity (Wildman–Crippen MR) is 179 cm³/mol. The minimum absolute atomic E-state index is 0.0326. The Labute approximate surface area is 279 Å². The Morgan fingerprint density at radius 3 is 2.51 bits per heavy atom. The zero-order valence-electron chi connectivity index (χ0n) is 27.5. The Bertz CT molecular complexity index is 1710. The summed E-state index contributed by atoms with van der Waals surface area (Å²) < 4.78 is 11.0. The van der Waals surface area contributed by atoms with E-state index in [1.807, 2.05) is 77.1 Å². The van der Waals surface area contributed by atoms with Gasteiger partial charge in [-0.05, 0) is 60.4 Å². The van der Waals surface area contributed by atoms with Crippen molar-refractivity contribution >= 4 is 40.4 Å². The van der Waals surface area contributed by atoms with E-state index in [1.54, 1.807) is 0 Å². The molecule has 250 valence electrons. The summed E-state index contributed by atoms with van der Waals surface area (Å²) in [5, 5.41) is 18.5. The number of aromatic amines is 1. The number of hydrogen-bond donors (Lipinski definition) is 4. The Kier molecular flexibility index (Phi) is 10.5. The fourth-order valence-electron chi connectivity index (χ4n) is 6.18. The molecule has 2 heterocycles. The van der Waals surface area contributed by atoms with Crippen LogP contribution in [0.25, 0.3) is 10.9 Å². The van der Waals surface area contributed by atoms with Crippen LogP contribution in [0.3, 0.4) is 0 Å². The van der Waals surface area contributed by atoms with Crippen LogP contribution in [0, 0.1) is 18.8 Å². The molecule has 0 aliphatic heterocycles. The van der Waals surface area contributed by atoms with E-state index in [4.69, 9.17) is 20.8 Å². The third-order valence-electron chi connectivity index (χ3n) is 9.40. The van der Waals surface area contributed by atoms with Crippen LogP contribution < -0.4 is 16.0 Å². The highest BCUT2D eigenvalue weighted by molar-refractivity contribution is 6.35. The van der Waals surface area contributed by atoms with E-state index in [0.29, 0.717) is 30.2 Å². The van der Waals surface area contributed by atoms with E-state index in [1.165, 1.54) is 6.39 Å². The molecule has 4 N–H and O–H groups in total. The molecule has 0 radical (unpaired) electrons. The zero-order chi connectivity index (χ0) is 33.7. The molecule has 1 aliphatic carbocycles. The summed E-state index contributed by atoms with van der Waals surface area (Å²) in [6.45, 7) is 9.86. The van der Waals surface area contributed by atoms with Crippen molar-refractivity contribution < 1.29 is 23.5 Å². The van der Waals surface area contributed by atoms with Crippen molar-refractivity contribution in [1.82, 2.24) is 31.1 Å². The van der Waals surface area contributed by atoms with Gasteiger partial charge in [-0.3, -0.25) is 9.59 Å². The third-order valence-corrected chi connectivity index (χ3v) is 9.70. The number of hydrogen-bond acceptors (Lipinski definition) is 7. The second kappa shape index (κ2) is 14.6. The number of ether oxygens (including phenoxy) is 1. The summed E-state index contributed by atoms with van der Waals surface area (Å²) in [7, 11) is 0. The van der Waals surface area contributed by atoms with Gasteiger partial charge in [0.15, 0.2) is 0 Å². The molecule has 12 heteroatoms. The summed E-state index contributed by atoms with van der Waals surface area (Å²) >= 11 is 6.63. The van der Waals surface area contributed by atoms with Gasteiger partial charge in [-0.2, -0.15) is 0 Å². The fraction of sp³-hybridized carbons (Fsp3) is 0.457. The van der Waals surface area contributed by atoms with Crippen molar-refractivity contribution in [2.45, 2.75) is 91.0 Å². The standard InChI is InChI=1S/C35H43ClN6O5/c1-6-21(4)28(40-34(45)46-18-23-11-9-8-10-12-23)31(43)41-35(33(44)39-29(22(5)7-2)32-42-37-19-47-32)14-13-27-25(17-35)24-15-20(3)16-26(36)30(24)38-27/h8-12,15-16,19,21-22,28-29,38H,6-7,13-14,17-18H2,1-5H3,(H,39,44)(H,40,45)(H,41,43)/t21?,22?,28-,29-,35-/m0/s1. The number of aryl methyl sites for hydroxylation is 2. The molecule has 11 nitrogen and oxygen atoms in total. The van der Waals surface area contributed by atoms with Crippen molar-refractivity contribution in [2.75, 3.05) is 0 Å². The van der Waals surface area contributed by atoms with Gasteiger partial charge in [-0.1, -0.05) is 82.5 Å². The molecule has 2 unspecified atom stereocenters. The fourth-order valence-corrected chi connectivity index (χ4v) is 6.51. The Morgan fingerprint density at radius 1 is 1.09 bits per heavy atom. The minimum Gasteiger partial charge on any atom is -0.445 e. The largest absolute Gasteiger partial charge is 0.445 e. The van der Waals surface area contributed by atoms with E-state index in [0.717, 1.165) is 39.7 Å². The molecule has 0 saturated carbocycles. The number of carbonyl (C=O) groups is 3. The molecular formula is C35H43ClN6O5. The van der Waals surface area contributed by atoms with E-state index in [2.05, 4.69) is 31.1 Å². The summed E-state index contributed by atoms with van der Waals surface area (Å²) in [4.78, 5) is 45.2. The highest BCUT2D eigenvalue weighted by Gasteiger charge is 2.47. The van der Waals surface area contributed by atoms with Gasteiger partial charge in [0.05, 0.1) is 10.5 Å². The van der Waals surface area contributed by atoms with Crippen LogP contribution in [0.5, 0.6) is 0 Å². The number of H-pyrrole nitrogens is 1. The maximum atomic E-state index is 14.6. The van der Waals surface area contributed by atoms with Crippen molar-refractivity contribution in [3.8, 4) is 0 Å². The number of nitrogens with one attached hydrogen (secondary N) is 4. The average Bonchev–Trinajstić information content (AvgIpc) is 3.73. The van der Waals surface area contributed by atoms with Gasteiger partial charge in [0.25, 0.3) is 0 Å². The summed E-state index contributed by atoms with van der Waals surface area (Å²) in [5.41, 5.74) is 3.14. The van der Waals surface area contributed by atoms with Crippen molar-refractivity contribution in [3.63, 3.8) is 0 Å². The first-order valence-electron chi connectivity index (χ1n) is 16.2. The monoisotopic (exact) mass is 662 g/mol. The number of alkyl carbamates (subject to hydrolysis) is 1. The van der Waals surface area contributed by atoms with E-state index in [-0.39, 0.29) is 30.8 Å². The first-order chi connectivity index (χ1) is 22.5. The number of halogens is 1. The minimum atomic E-state index is -1.36. The molecule has 4 aromatic rings. The van der Waals surface area contributed by atoms with Gasteiger partial charge in [-0.25, -0.2) is 4.79 Å². The van der Waals surface area contributed by atoms with Crippen molar-refractivity contribution in [2.24, 2.45) is 11.8 Å². The lowest BCUT2D eigenvalue weighted by Gasteiger charge is -2.39. The van der Waals surface area contributed by atoms with Crippen molar-refractivity contribution in [3.05, 3.63) is 82.2 Å². The van der Waals surface area contributed by atoms with Gasteiger partial charge < -0.3 is 30.1 Å². The SMILES string of the molecule is CCC(C)[C@H](NC(=O)OCc1ccccc1)C(=O)N[C@@]1(C(=O)N[C@H](c2nnco2)C(C)CC)CCc2[nH]c3c(Cl)cc(C)cc3c2C1. The summed E-state index contributed by atoms with van der Waals surface area (Å²) in [5.74, 6) is -0.834. The van der Waals surface area contributed by atoms with Crippen LogP contribution in [-0.2, 0) is 33.8 Å². The number of nitrogens with zero attached hydrogens (tertiary/aromatic N) is 2. The molecule has 2 aromatic carbocycles. The van der Waals surface area contributed by atoms with Crippen LogP contribution in [-0.4, -0.2) is 44.7 Å². The predicted octanol–water partition coefficient (Wildman–Crippen LogP) is 6.10. The number of fused-ring (bicyclic) bond motifs is 3. The second-order valence-corrected chi connectivity index (χ2v) is 13.1. The lowest BCUT2D eigenvalue weighted by Crippen LogP contribution is -2.65. The first kappa shape index (κ1) is 34.0. The normalized spacial score (nSPS) is 18.4. The molecule has 2 aromatic heterocycles. The van der Waals surface area contributed by atoms with Crippen molar-refractivity contribution in [1.29, 1.82) is 0 Å².